The molecule has 0 spiro atoms. The zero-order valence-corrected chi connectivity index (χ0v) is 15.5. The summed E-state index contributed by atoms with van der Waals surface area (Å²) in [4.78, 5) is 32.4. The van der Waals surface area contributed by atoms with Crippen molar-refractivity contribution in [2.75, 3.05) is 13.1 Å². The van der Waals surface area contributed by atoms with Crippen LogP contribution in [0.4, 0.5) is 0 Å². The van der Waals surface area contributed by atoms with E-state index in [9.17, 15) is 9.59 Å². The summed E-state index contributed by atoms with van der Waals surface area (Å²) in [6.45, 7) is 3.28. The second-order valence-corrected chi connectivity index (χ2v) is 7.10. The smallest absolute Gasteiger partial charge is 0.289 e. The molecule has 0 unspecified atom stereocenters. The third kappa shape index (κ3) is 2.52. The first-order valence-electron chi connectivity index (χ1n) is 9.39. The van der Waals surface area contributed by atoms with Crippen LogP contribution in [0.3, 0.4) is 0 Å². The lowest BCUT2D eigenvalue weighted by atomic mass is 10.1. The van der Waals surface area contributed by atoms with E-state index in [2.05, 4.69) is 4.98 Å². The molecule has 6 nitrogen and oxygen atoms in total. The molecule has 1 aliphatic rings. The molecule has 140 valence electrons. The van der Waals surface area contributed by atoms with Crippen molar-refractivity contribution in [3.63, 3.8) is 0 Å². The van der Waals surface area contributed by atoms with E-state index in [1.807, 2.05) is 49.4 Å². The Hall–Kier alpha value is -3.41. The first-order chi connectivity index (χ1) is 13.6. The van der Waals surface area contributed by atoms with Crippen molar-refractivity contribution in [3.05, 3.63) is 76.0 Å². The number of fused-ring (bicyclic) bond motifs is 3. The minimum absolute atomic E-state index is 0.0465. The van der Waals surface area contributed by atoms with Crippen LogP contribution in [0.1, 0.15) is 21.9 Å². The number of para-hydroxylation sites is 2. The van der Waals surface area contributed by atoms with E-state index in [-0.39, 0.29) is 11.5 Å². The molecule has 4 aromatic rings. The van der Waals surface area contributed by atoms with Gasteiger partial charge in [-0.15, -0.1) is 0 Å². The van der Waals surface area contributed by atoms with Gasteiger partial charge < -0.3 is 9.32 Å². The van der Waals surface area contributed by atoms with Crippen molar-refractivity contribution in [2.24, 2.45) is 0 Å². The lowest BCUT2D eigenvalue weighted by Gasteiger charge is -2.18. The Bertz CT molecular complexity index is 1290. The van der Waals surface area contributed by atoms with E-state index < -0.39 is 0 Å². The molecule has 3 heterocycles. The summed E-state index contributed by atoms with van der Waals surface area (Å²) in [7, 11) is 0. The zero-order chi connectivity index (χ0) is 19.3. The fourth-order valence-electron chi connectivity index (χ4n) is 3.93. The molecule has 0 saturated carbocycles. The largest absolute Gasteiger partial charge is 0.451 e. The van der Waals surface area contributed by atoms with E-state index in [0.717, 1.165) is 16.8 Å². The van der Waals surface area contributed by atoms with E-state index >= 15 is 0 Å². The molecule has 0 aliphatic carbocycles. The standard InChI is InChI=1S/C22H19N3O3/c1-14-15-6-3-5-9-18(15)28-20(14)22(27)24-11-10-19-23-17-8-4-2-7-16(17)21(26)25(19)13-12-24/h2-9H,10-13H2,1H3. The molecule has 0 N–H and O–H groups in total. The van der Waals surface area contributed by atoms with Crippen LogP contribution in [-0.4, -0.2) is 33.4 Å². The van der Waals surface area contributed by atoms with Crippen molar-refractivity contribution in [3.8, 4) is 0 Å². The number of rotatable bonds is 1. The lowest BCUT2D eigenvalue weighted by molar-refractivity contribution is 0.0728. The van der Waals surface area contributed by atoms with Gasteiger partial charge in [0.2, 0.25) is 0 Å². The Morgan fingerprint density at radius 2 is 1.75 bits per heavy atom. The molecule has 6 heteroatoms. The molecule has 2 aromatic heterocycles. The second kappa shape index (κ2) is 6.34. The minimum atomic E-state index is -0.140. The number of carbonyl (C=O) groups is 1. The van der Waals surface area contributed by atoms with Crippen LogP contribution in [0.5, 0.6) is 0 Å². The van der Waals surface area contributed by atoms with Crippen molar-refractivity contribution in [1.82, 2.24) is 14.5 Å². The highest BCUT2D eigenvalue weighted by Crippen LogP contribution is 2.26. The molecule has 0 atom stereocenters. The van der Waals surface area contributed by atoms with Crippen LogP contribution in [-0.2, 0) is 13.0 Å². The Morgan fingerprint density at radius 3 is 2.57 bits per heavy atom. The summed E-state index contributed by atoms with van der Waals surface area (Å²) in [5.41, 5.74) is 2.22. The minimum Gasteiger partial charge on any atom is -0.451 e. The molecule has 28 heavy (non-hydrogen) atoms. The SMILES string of the molecule is Cc1c(C(=O)N2CCc3nc4ccccc4c(=O)n3CC2)oc2ccccc12. The molecule has 1 amide bonds. The normalized spacial score (nSPS) is 14.2. The predicted octanol–water partition coefficient (Wildman–Crippen LogP) is 3.15. The molecule has 0 saturated heterocycles. The van der Waals surface area contributed by atoms with E-state index in [4.69, 9.17) is 4.42 Å². The summed E-state index contributed by atoms with van der Waals surface area (Å²) in [6.07, 6.45) is 0.533. The molecular weight excluding hydrogens is 354 g/mol. The Kier molecular flexibility index (Phi) is 3.79. The average Bonchev–Trinajstić information content (AvgIpc) is 2.91. The number of hydrogen-bond donors (Lipinski definition) is 0. The van der Waals surface area contributed by atoms with E-state index in [1.165, 1.54) is 0 Å². The second-order valence-electron chi connectivity index (χ2n) is 7.10. The summed E-state index contributed by atoms with van der Waals surface area (Å²) in [5.74, 6) is 0.956. The third-order valence-electron chi connectivity index (χ3n) is 5.46. The fraction of sp³-hybridized carbons (Fsp3) is 0.227. The lowest BCUT2D eigenvalue weighted by Crippen LogP contribution is -2.34. The van der Waals surface area contributed by atoms with Gasteiger partial charge in [-0.3, -0.25) is 14.2 Å². The molecule has 0 fully saturated rings. The number of benzene rings is 2. The molecule has 0 radical (unpaired) electrons. The highest BCUT2D eigenvalue weighted by molar-refractivity contribution is 5.99. The predicted molar refractivity (Wildman–Crippen MR) is 107 cm³/mol. The number of carbonyl (C=O) groups excluding carboxylic acids is 1. The van der Waals surface area contributed by atoms with Crippen molar-refractivity contribution >= 4 is 27.8 Å². The summed E-state index contributed by atoms with van der Waals surface area (Å²) >= 11 is 0. The molecule has 0 bridgehead atoms. The van der Waals surface area contributed by atoms with Crippen molar-refractivity contribution < 1.29 is 9.21 Å². The number of amides is 1. The first kappa shape index (κ1) is 16.7. The van der Waals surface area contributed by atoms with Gasteiger partial charge in [0, 0.05) is 37.0 Å². The topological polar surface area (TPSA) is 68.3 Å². The first-order valence-corrected chi connectivity index (χ1v) is 9.39. The van der Waals surface area contributed by atoms with Gasteiger partial charge in [0.15, 0.2) is 5.76 Å². The van der Waals surface area contributed by atoms with Gasteiger partial charge in [-0.2, -0.15) is 0 Å². The van der Waals surface area contributed by atoms with Gasteiger partial charge in [0.25, 0.3) is 11.5 Å². The van der Waals surface area contributed by atoms with Gasteiger partial charge in [-0.05, 0) is 25.1 Å². The molecule has 2 aromatic carbocycles. The highest BCUT2D eigenvalue weighted by Gasteiger charge is 2.26. The summed E-state index contributed by atoms with van der Waals surface area (Å²) < 4.78 is 7.54. The zero-order valence-electron chi connectivity index (χ0n) is 15.5. The van der Waals surface area contributed by atoms with Crippen LogP contribution in [0.2, 0.25) is 0 Å². The van der Waals surface area contributed by atoms with Crippen LogP contribution >= 0.6 is 0 Å². The van der Waals surface area contributed by atoms with Crippen molar-refractivity contribution in [2.45, 2.75) is 19.9 Å². The van der Waals surface area contributed by atoms with E-state index in [0.29, 0.717) is 48.3 Å². The van der Waals surface area contributed by atoms with Crippen LogP contribution < -0.4 is 5.56 Å². The summed E-state index contributed by atoms with van der Waals surface area (Å²) in [5, 5.41) is 1.56. The number of hydrogen-bond acceptors (Lipinski definition) is 4. The number of aromatic nitrogens is 2. The molecule has 5 rings (SSSR count). The third-order valence-corrected chi connectivity index (χ3v) is 5.46. The number of nitrogens with zero attached hydrogens (tertiary/aromatic N) is 3. The van der Waals surface area contributed by atoms with Crippen LogP contribution in [0.15, 0.2) is 57.7 Å². The maximum absolute atomic E-state index is 13.1. The maximum atomic E-state index is 13.1. The number of furan rings is 1. The Labute approximate surface area is 161 Å². The molecule has 1 aliphatic heterocycles. The van der Waals surface area contributed by atoms with Crippen molar-refractivity contribution in [1.29, 1.82) is 0 Å². The average molecular weight is 373 g/mol. The van der Waals surface area contributed by atoms with Gasteiger partial charge in [-0.1, -0.05) is 30.3 Å². The number of aryl methyl sites for hydroxylation is 1. The van der Waals surface area contributed by atoms with Gasteiger partial charge in [-0.25, -0.2) is 4.98 Å². The van der Waals surface area contributed by atoms with Gasteiger partial charge in [0.1, 0.15) is 11.4 Å². The van der Waals surface area contributed by atoms with Gasteiger partial charge in [0.05, 0.1) is 10.9 Å². The Balaban J connectivity index is 1.49. The molecular formula is C22H19N3O3. The summed E-state index contributed by atoms with van der Waals surface area (Å²) in [6, 6.07) is 15.0. The quantitative estimate of drug-likeness (QED) is 0.514. The van der Waals surface area contributed by atoms with Crippen LogP contribution in [0, 0.1) is 6.92 Å². The monoisotopic (exact) mass is 373 g/mol. The highest BCUT2D eigenvalue weighted by atomic mass is 16.3. The van der Waals surface area contributed by atoms with E-state index in [1.54, 1.807) is 15.5 Å². The van der Waals surface area contributed by atoms with Gasteiger partial charge >= 0.3 is 0 Å². The fourth-order valence-corrected chi connectivity index (χ4v) is 3.93. The maximum Gasteiger partial charge on any atom is 0.289 e. The Morgan fingerprint density at radius 1 is 1.00 bits per heavy atom. The van der Waals surface area contributed by atoms with Crippen LogP contribution in [0.25, 0.3) is 21.9 Å².